The number of aliphatic hydroxyl groups is 2. The van der Waals surface area contributed by atoms with E-state index in [1.54, 1.807) is 26.0 Å². The third kappa shape index (κ3) is 6.81. The fourth-order valence-electron chi connectivity index (χ4n) is 4.01. The van der Waals surface area contributed by atoms with Gasteiger partial charge >= 0.3 is 13.7 Å². The predicted molar refractivity (Wildman–Crippen MR) is 150 cm³/mol. The predicted octanol–water partition coefficient (Wildman–Crippen LogP) is 2.57. The smallest absolute Gasteiger partial charge is 0.459 e. The zero-order chi connectivity index (χ0) is 28.3. The quantitative estimate of drug-likeness (QED) is 0.242. The second-order valence-electron chi connectivity index (χ2n) is 9.28. The molecule has 1 fully saturated rings. The fourth-order valence-corrected chi connectivity index (χ4v) is 7.10. The lowest BCUT2D eigenvalue weighted by atomic mass is 10.1. The number of nitrogens with two attached hydrogens (primary N) is 1. The van der Waals surface area contributed by atoms with Gasteiger partial charge in [-0.05, 0) is 32.2 Å². The lowest BCUT2D eigenvalue weighted by Gasteiger charge is -2.29. The number of carbonyl (C=O) groups excluding carboxylic acids is 1. The minimum absolute atomic E-state index is 0.0249. The molecule has 0 spiro atoms. The SMILES string of the molecule is C=C1N=C(N)N=CN1[C@@H]1S[C@H](COP(=O)(N[C@@H](C)C(=O)OC(C)C)Oc2cccc3ccccc23)[C@H](O)C1O. The monoisotopic (exact) mass is 577 g/mol. The Balaban J connectivity index is 1.54. The van der Waals surface area contributed by atoms with Gasteiger partial charge in [-0.1, -0.05) is 43.0 Å². The van der Waals surface area contributed by atoms with Crippen molar-refractivity contribution in [2.45, 2.75) is 55.7 Å². The Morgan fingerprint density at radius 3 is 2.64 bits per heavy atom. The van der Waals surface area contributed by atoms with E-state index in [9.17, 15) is 19.6 Å². The summed E-state index contributed by atoms with van der Waals surface area (Å²) in [4.78, 5) is 21.9. The van der Waals surface area contributed by atoms with E-state index >= 15 is 0 Å². The van der Waals surface area contributed by atoms with Crippen molar-refractivity contribution >= 4 is 48.5 Å². The minimum Gasteiger partial charge on any atom is -0.462 e. The van der Waals surface area contributed by atoms with Crippen LogP contribution in [0.1, 0.15) is 20.8 Å². The van der Waals surface area contributed by atoms with Crippen LogP contribution in [-0.2, 0) is 18.6 Å². The molecule has 0 aliphatic carbocycles. The summed E-state index contributed by atoms with van der Waals surface area (Å²) in [7, 11) is -4.22. The topological polar surface area (TPSA) is 168 Å². The molecule has 39 heavy (non-hydrogen) atoms. The second kappa shape index (κ2) is 12.1. The first-order valence-electron chi connectivity index (χ1n) is 12.2. The number of aliphatic hydroxyl groups excluding tert-OH is 2. The third-order valence-corrected chi connectivity index (χ3v) is 9.08. The molecule has 2 aliphatic heterocycles. The highest BCUT2D eigenvalue weighted by atomic mass is 32.2. The number of rotatable bonds is 10. The molecule has 2 heterocycles. The number of nitrogens with one attached hydrogen (secondary N) is 1. The molecule has 6 atom stereocenters. The Morgan fingerprint density at radius 1 is 1.21 bits per heavy atom. The summed E-state index contributed by atoms with van der Waals surface area (Å²) in [5.41, 5.74) is 5.60. The van der Waals surface area contributed by atoms with Gasteiger partial charge in [-0.2, -0.15) is 10.1 Å². The molecular formula is C25H32N5O7PS. The molecule has 2 unspecified atom stereocenters. The van der Waals surface area contributed by atoms with Crippen LogP contribution in [0.4, 0.5) is 0 Å². The summed E-state index contributed by atoms with van der Waals surface area (Å²) in [6.45, 7) is 8.42. The molecule has 12 nitrogen and oxygen atoms in total. The summed E-state index contributed by atoms with van der Waals surface area (Å²) >= 11 is 1.16. The van der Waals surface area contributed by atoms with Gasteiger partial charge in [-0.3, -0.25) is 9.32 Å². The fraction of sp³-hybridized carbons (Fsp3) is 0.400. The molecule has 2 aromatic rings. The van der Waals surface area contributed by atoms with Crippen LogP contribution in [0.2, 0.25) is 0 Å². The van der Waals surface area contributed by atoms with Crippen LogP contribution < -0.4 is 15.3 Å². The summed E-state index contributed by atoms with van der Waals surface area (Å²) in [5, 5.41) is 24.3. The molecule has 4 rings (SSSR count). The van der Waals surface area contributed by atoms with Crippen molar-refractivity contribution in [2.75, 3.05) is 6.61 Å². The number of nitrogens with zero attached hydrogens (tertiary/aromatic N) is 3. The number of benzene rings is 2. The first-order valence-corrected chi connectivity index (χ1v) is 14.7. The average Bonchev–Trinajstić information content (AvgIpc) is 3.16. The van der Waals surface area contributed by atoms with E-state index in [1.807, 2.05) is 30.3 Å². The van der Waals surface area contributed by atoms with E-state index in [0.29, 0.717) is 5.39 Å². The van der Waals surface area contributed by atoms with Crippen molar-refractivity contribution in [3.63, 3.8) is 0 Å². The number of fused-ring (bicyclic) bond motifs is 1. The Labute approximate surface area is 230 Å². The zero-order valence-electron chi connectivity index (χ0n) is 21.7. The first-order chi connectivity index (χ1) is 18.5. The second-order valence-corrected chi connectivity index (χ2v) is 12.3. The van der Waals surface area contributed by atoms with Gasteiger partial charge in [0, 0.05) is 5.39 Å². The number of esters is 1. The van der Waals surface area contributed by atoms with E-state index < -0.39 is 42.6 Å². The van der Waals surface area contributed by atoms with Crippen molar-refractivity contribution in [1.29, 1.82) is 0 Å². The Bertz CT molecular complexity index is 1330. The van der Waals surface area contributed by atoms with Gasteiger partial charge in [-0.15, -0.1) is 11.8 Å². The summed E-state index contributed by atoms with van der Waals surface area (Å²) in [6.07, 6.45) is -1.48. The summed E-state index contributed by atoms with van der Waals surface area (Å²) in [6, 6.07) is 11.6. The molecule has 0 amide bonds. The van der Waals surface area contributed by atoms with Crippen molar-refractivity contribution < 1.29 is 33.4 Å². The van der Waals surface area contributed by atoms with Crippen LogP contribution in [0.5, 0.6) is 5.75 Å². The molecule has 5 N–H and O–H groups in total. The highest BCUT2D eigenvalue weighted by molar-refractivity contribution is 8.00. The molecule has 0 aromatic heterocycles. The lowest BCUT2D eigenvalue weighted by Crippen LogP contribution is -2.43. The standard InChI is InChI=1S/C25H32N5O7PS/c1-14(2)36-24(33)15(3)29-38(34,37-19-11-7-9-17-8-5-6-10-18(17)19)35-12-20-21(31)22(32)23(39-20)30-13-27-25(26)28-16(30)4/h5-11,13-15,20-23,31-32H,4,12H2,1-3H3,(H2,26,28)(H,29,34)/t15-,20+,21-,22?,23+,38?/m0/s1. The summed E-state index contributed by atoms with van der Waals surface area (Å²) in [5.74, 6) is -0.0835. The van der Waals surface area contributed by atoms with Crippen molar-refractivity contribution in [2.24, 2.45) is 15.7 Å². The minimum atomic E-state index is -4.22. The zero-order valence-corrected chi connectivity index (χ0v) is 23.4. The van der Waals surface area contributed by atoms with Crippen LogP contribution >= 0.6 is 19.5 Å². The van der Waals surface area contributed by atoms with E-state index in [0.717, 1.165) is 17.1 Å². The average molecular weight is 578 g/mol. The molecule has 0 radical (unpaired) electrons. The van der Waals surface area contributed by atoms with Gasteiger partial charge < -0.3 is 30.1 Å². The first kappa shape index (κ1) is 29.1. The van der Waals surface area contributed by atoms with Gasteiger partial charge in [0.25, 0.3) is 0 Å². The van der Waals surface area contributed by atoms with E-state index in [2.05, 4.69) is 21.7 Å². The van der Waals surface area contributed by atoms with Crippen LogP contribution in [0.15, 0.2) is 64.8 Å². The number of hydrogen-bond acceptors (Lipinski definition) is 12. The molecule has 2 aromatic carbocycles. The van der Waals surface area contributed by atoms with Crippen LogP contribution in [0.3, 0.4) is 0 Å². The van der Waals surface area contributed by atoms with Crippen molar-refractivity contribution in [1.82, 2.24) is 9.99 Å². The summed E-state index contributed by atoms with van der Waals surface area (Å²) < 4.78 is 31.0. The normalized spacial score (nSPS) is 25.4. The van der Waals surface area contributed by atoms with Gasteiger partial charge in [0.15, 0.2) is 0 Å². The maximum atomic E-state index is 14.0. The van der Waals surface area contributed by atoms with E-state index in [1.165, 1.54) is 18.2 Å². The Hall–Kier alpha value is -2.93. The maximum absolute atomic E-state index is 14.0. The Morgan fingerprint density at radius 2 is 1.92 bits per heavy atom. The number of carbonyl (C=O) groups is 1. The van der Waals surface area contributed by atoms with Gasteiger partial charge in [0.05, 0.1) is 24.1 Å². The molecule has 210 valence electrons. The number of ether oxygens (including phenoxy) is 1. The third-order valence-electron chi connectivity index (χ3n) is 5.90. The lowest BCUT2D eigenvalue weighted by molar-refractivity contribution is -0.149. The van der Waals surface area contributed by atoms with Crippen LogP contribution in [-0.4, -0.2) is 75.0 Å². The van der Waals surface area contributed by atoms with Gasteiger partial charge in [0.1, 0.15) is 35.4 Å². The largest absolute Gasteiger partial charge is 0.462 e. The molecule has 2 aliphatic rings. The highest BCUT2D eigenvalue weighted by Crippen LogP contribution is 2.48. The van der Waals surface area contributed by atoms with E-state index in [4.69, 9.17) is 19.5 Å². The van der Waals surface area contributed by atoms with Gasteiger partial charge in [0.2, 0.25) is 5.96 Å². The number of aliphatic imine (C=N–C) groups is 2. The Kier molecular flexibility index (Phi) is 9.00. The van der Waals surface area contributed by atoms with Gasteiger partial charge in [-0.25, -0.2) is 9.56 Å². The van der Waals surface area contributed by atoms with E-state index in [-0.39, 0.29) is 30.2 Å². The number of guanidine groups is 1. The molecule has 1 saturated heterocycles. The maximum Gasteiger partial charge on any atom is 0.459 e. The highest BCUT2D eigenvalue weighted by Gasteiger charge is 2.47. The van der Waals surface area contributed by atoms with Crippen molar-refractivity contribution in [3.05, 3.63) is 54.9 Å². The molecule has 0 bridgehead atoms. The van der Waals surface area contributed by atoms with Crippen LogP contribution in [0.25, 0.3) is 10.8 Å². The van der Waals surface area contributed by atoms with Crippen molar-refractivity contribution in [3.8, 4) is 5.75 Å². The number of hydrogen-bond donors (Lipinski definition) is 4. The molecule has 0 saturated carbocycles. The molecular weight excluding hydrogens is 545 g/mol. The van der Waals surface area contributed by atoms with Crippen LogP contribution in [0, 0.1) is 0 Å². The molecule has 14 heteroatoms. The number of thioether (sulfide) groups is 1.